The summed E-state index contributed by atoms with van der Waals surface area (Å²) in [5.74, 6) is 0. The van der Waals surface area contributed by atoms with Crippen molar-refractivity contribution in [3.05, 3.63) is 12.4 Å². The number of rotatable bonds is 27. The van der Waals surface area contributed by atoms with Gasteiger partial charge in [0, 0.05) is 26.0 Å². The Labute approximate surface area is 222 Å². The predicted molar refractivity (Wildman–Crippen MR) is 159 cm³/mol. The molecule has 0 aromatic carbocycles. The Bertz CT molecular complexity index is 446. The van der Waals surface area contributed by atoms with Gasteiger partial charge in [0.05, 0.1) is 0 Å². The molecule has 1 aliphatic rings. The lowest BCUT2D eigenvalue weighted by molar-refractivity contribution is 0.159. The van der Waals surface area contributed by atoms with Gasteiger partial charge in [-0.2, -0.15) is 0 Å². The van der Waals surface area contributed by atoms with Crippen LogP contribution >= 0.6 is 0 Å². The molecule has 0 amide bonds. The smallest absolute Gasteiger partial charge is 0.100 e. The maximum atomic E-state index is 2.62. The normalized spacial score (nSPS) is 15.6. The lowest BCUT2D eigenvalue weighted by Gasteiger charge is -2.30. The van der Waals surface area contributed by atoms with Gasteiger partial charge < -0.3 is 9.80 Å². The first-order valence-corrected chi connectivity index (χ1v) is 16.5. The molecule has 0 spiro atoms. The van der Waals surface area contributed by atoms with Crippen LogP contribution in [-0.2, 0) is 0 Å². The second-order valence-electron chi connectivity index (χ2n) is 11.6. The highest BCUT2D eigenvalue weighted by Crippen LogP contribution is 2.21. The Morgan fingerprint density at radius 3 is 1.17 bits per heavy atom. The topological polar surface area (TPSA) is 6.48 Å². The molecule has 0 radical (unpaired) electrons. The van der Waals surface area contributed by atoms with Crippen molar-refractivity contribution in [2.75, 3.05) is 13.6 Å². The molecule has 0 saturated heterocycles. The minimum Gasteiger partial charge on any atom is -0.359 e. The Morgan fingerprint density at radius 1 is 0.429 bits per heavy atom. The molecule has 0 fully saturated rings. The Kier molecular flexibility index (Phi) is 23.1. The maximum Gasteiger partial charge on any atom is 0.100 e. The first kappa shape index (κ1) is 32.4. The van der Waals surface area contributed by atoms with E-state index >= 15 is 0 Å². The number of nitrogens with zero attached hydrogens (tertiary/aromatic N) is 2. The lowest BCUT2D eigenvalue weighted by atomic mass is 10.0. The molecule has 2 nitrogen and oxygen atoms in total. The van der Waals surface area contributed by atoms with E-state index in [9.17, 15) is 0 Å². The van der Waals surface area contributed by atoms with Crippen LogP contribution in [-0.4, -0.2) is 29.6 Å². The van der Waals surface area contributed by atoms with Crippen molar-refractivity contribution in [2.24, 2.45) is 0 Å². The minimum absolute atomic E-state index is 0.621. The van der Waals surface area contributed by atoms with Crippen LogP contribution in [0.2, 0.25) is 0 Å². The van der Waals surface area contributed by atoms with E-state index < -0.39 is 0 Å². The third-order valence-corrected chi connectivity index (χ3v) is 8.18. The number of hydrogen-bond acceptors (Lipinski definition) is 2. The summed E-state index contributed by atoms with van der Waals surface area (Å²) in [6.07, 6.45) is 42.6. The van der Waals surface area contributed by atoms with E-state index in [0.29, 0.717) is 6.17 Å². The molecular weight excluding hydrogens is 424 g/mol. The zero-order chi connectivity index (χ0) is 25.2. The molecule has 1 rings (SSSR count). The standard InChI is InChI=1S/C33H66N2/c1-4-6-8-10-12-14-15-16-17-18-19-20-22-24-26-28-30-35-32-31-34(3)33(35)29-27-25-23-21-13-11-9-7-5-2/h31-33H,4-30H2,1-3H3. The summed E-state index contributed by atoms with van der Waals surface area (Å²) in [6.45, 7) is 5.86. The molecule has 0 N–H and O–H groups in total. The molecule has 208 valence electrons. The monoisotopic (exact) mass is 491 g/mol. The fourth-order valence-electron chi connectivity index (χ4n) is 5.70. The van der Waals surface area contributed by atoms with Gasteiger partial charge in [0.1, 0.15) is 6.17 Å². The summed E-state index contributed by atoms with van der Waals surface area (Å²) in [7, 11) is 2.27. The minimum atomic E-state index is 0.621. The Hall–Kier alpha value is -0.660. The molecular formula is C33H66N2. The van der Waals surface area contributed by atoms with E-state index in [4.69, 9.17) is 0 Å². The quantitative estimate of drug-likeness (QED) is 0.106. The predicted octanol–water partition coefficient (Wildman–Crippen LogP) is 11.2. The fourth-order valence-corrected chi connectivity index (χ4v) is 5.70. The van der Waals surface area contributed by atoms with Crippen molar-refractivity contribution < 1.29 is 0 Å². The highest BCUT2D eigenvalue weighted by atomic mass is 15.4. The van der Waals surface area contributed by atoms with Gasteiger partial charge >= 0.3 is 0 Å². The van der Waals surface area contributed by atoms with Crippen LogP contribution in [0.25, 0.3) is 0 Å². The van der Waals surface area contributed by atoms with E-state index in [-0.39, 0.29) is 0 Å². The van der Waals surface area contributed by atoms with Gasteiger partial charge in [0.25, 0.3) is 0 Å². The maximum absolute atomic E-state index is 2.62. The van der Waals surface area contributed by atoms with Crippen molar-refractivity contribution >= 4 is 0 Å². The van der Waals surface area contributed by atoms with Gasteiger partial charge in [0.2, 0.25) is 0 Å². The van der Waals surface area contributed by atoms with Crippen LogP contribution in [0.15, 0.2) is 12.4 Å². The van der Waals surface area contributed by atoms with Crippen molar-refractivity contribution in [1.82, 2.24) is 9.80 Å². The number of unbranched alkanes of at least 4 members (excludes halogenated alkanes) is 23. The molecule has 0 saturated carbocycles. The van der Waals surface area contributed by atoms with Crippen LogP contribution in [0.5, 0.6) is 0 Å². The molecule has 1 heterocycles. The van der Waals surface area contributed by atoms with Gasteiger partial charge in [-0.05, 0) is 19.3 Å². The van der Waals surface area contributed by atoms with E-state index in [1.165, 1.54) is 173 Å². The Morgan fingerprint density at radius 2 is 0.771 bits per heavy atom. The summed E-state index contributed by atoms with van der Waals surface area (Å²) >= 11 is 0. The van der Waals surface area contributed by atoms with Crippen molar-refractivity contribution in [2.45, 2.75) is 187 Å². The Balaban J connectivity index is 1.88. The van der Waals surface area contributed by atoms with Crippen molar-refractivity contribution in [1.29, 1.82) is 0 Å². The summed E-state index contributed by atoms with van der Waals surface area (Å²) < 4.78 is 0. The van der Waals surface area contributed by atoms with Gasteiger partial charge in [-0.1, -0.05) is 162 Å². The van der Waals surface area contributed by atoms with Crippen LogP contribution in [0.3, 0.4) is 0 Å². The average Bonchev–Trinajstić information content (AvgIpc) is 3.21. The van der Waals surface area contributed by atoms with Gasteiger partial charge in [-0.15, -0.1) is 0 Å². The van der Waals surface area contributed by atoms with Crippen molar-refractivity contribution in [3.8, 4) is 0 Å². The first-order chi connectivity index (χ1) is 17.3. The largest absolute Gasteiger partial charge is 0.359 e. The van der Waals surface area contributed by atoms with Crippen LogP contribution in [0, 0.1) is 0 Å². The van der Waals surface area contributed by atoms with E-state index in [0.717, 1.165) is 0 Å². The molecule has 0 aromatic rings. The summed E-state index contributed by atoms with van der Waals surface area (Å²) in [5, 5.41) is 0. The molecule has 0 bridgehead atoms. The van der Waals surface area contributed by atoms with Crippen LogP contribution in [0.4, 0.5) is 0 Å². The number of hydrogen-bond donors (Lipinski definition) is 0. The summed E-state index contributed by atoms with van der Waals surface area (Å²) in [5.41, 5.74) is 0. The second kappa shape index (κ2) is 25.0. The van der Waals surface area contributed by atoms with Gasteiger partial charge in [0.15, 0.2) is 0 Å². The lowest BCUT2D eigenvalue weighted by Crippen LogP contribution is -2.37. The van der Waals surface area contributed by atoms with Crippen molar-refractivity contribution in [3.63, 3.8) is 0 Å². The molecule has 1 aliphatic heterocycles. The first-order valence-electron chi connectivity index (χ1n) is 16.5. The molecule has 0 aliphatic carbocycles. The third kappa shape index (κ3) is 19.2. The van der Waals surface area contributed by atoms with E-state index in [2.05, 4.69) is 43.1 Å². The zero-order valence-electron chi connectivity index (χ0n) is 24.7. The fraction of sp³-hybridized carbons (Fsp3) is 0.939. The molecule has 1 atom stereocenters. The summed E-state index contributed by atoms with van der Waals surface area (Å²) in [4.78, 5) is 5.06. The van der Waals surface area contributed by atoms with Gasteiger partial charge in [-0.25, -0.2) is 0 Å². The highest BCUT2D eigenvalue weighted by molar-refractivity contribution is 4.95. The summed E-state index contributed by atoms with van der Waals surface area (Å²) in [6, 6.07) is 0. The highest BCUT2D eigenvalue weighted by Gasteiger charge is 2.22. The molecule has 1 unspecified atom stereocenters. The average molecular weight is 491 g/mol. The third-order valence-electron chi connectivity index (χ3n) is 8.18. The van der Waals surface area contributed by atoms with Crippen LogP contribution in [0.1, 0.15) is 181 Å². The molecule has 2 heteroatoms. The van der Waals surface area contributed by atoms with E-state index in [1.807, 2.05) is 0 Å². The van der Waals surface area contributed by atoms with Gasteiger partial charge in [-0.3, -0.25) is 0 Å². The second-order valence-corrected chi connectivity index (χ2v) is 11.6. The molecule has 35 heavy (non-hydrogen) atoms. The van der Waals surface area contributed by atoms with Crippen LogP contribution < -0.4 is 0 Å². The SMILES string of the molecule is CCCCCCCCCCCCCCCCCCN1C=CN(C)C1CCCCCCCCCCC. The van der Waals surface area contributed by atoms with E-state index in [1.54, 1.807) is 0 Å². The molecule has 0 aromatic heterocycles. The zero-order valence-corrected chi connectivity index (χ0v) is 24.7.